The Morgan fingerprint density at radius 1 is 1.26 bits per heavy atom. The molecule has 0 radical (unpaired) electrons. The van der Waals surface area contributed by atoms with E-state index in [0.29, 0.717) is 5.41 Å². The minimum absolute atomic E-state index is 0.231. The van der Waals surface area contributed by atoms with Crippen LogP contribution in [0.1, 0.15) is 50.7 Å². The molecule has 19 heavy (non-hydrogen) atoms. The van der Waals surface area contributed by atoms with Crippen LogP contribution in [-0.4, -0.2) is 12.6 Å². The zero-order valence-corrected chi connectivity index (χ0v) is 12.5. The number of hydrogen-bond donors (Lipinski definition) is 1. The van der Waals surface area contributed by atoms with E-state index in [1.165, 1.54) is 36.8 Å². The Hall–Kier alpha value is -1.02. The SMILES string of the molecule is Cc1cc(CC2(CN)CCCC2)ccc1OC(C)C. The van der Waals surface area contributed by atoms with Gasteiger partial charge in [-0.05, 0) is 69.2 Å². The lowest BCUT2D eigenvalue weighted by Crippen LogP contribution is -2.29. The van der Waals surface area contributed by atoms with Crippen molar-refractivity contribution in [3.05, 3.63) is 29.3 Å². The van der Waals surface area contributed by atoms with Gasteiger partial charge in [-0.3, -0.25) is 0 Å². The molecule has 1 aliphatic rings. The van der Waals surface area contributed by atoms with Gasteiger partial charge in [0.15, 0.2) is 0 Å². The lowest BCUT2D eigenvalue weighted by molar-refractivity contribution is 0.240. The summed E-state index contributed by atoms with van der Waals surface area (Å²) in [5, 5.41) is 0. The molecular weight excluding hydrogens is 234 g/mol. The molecule has 0 heterocycles. The molecule has 2 nitrogen and oxygen atoms in total. The quantitative estimate of drug-likeness (QED) is 0.874. The van der Waals surface area contributed by atoms with Crippen molar-refractivity contribution in [3.8, 4) is 5.75 Å². The van der Waals surface area contributed by atoms with E-state index in [4.69, 9.17) is 10.5 Å². The molecule has 1 aliphatic carbocycles. The number of benzene rings is 1. The lowest BCUT2D eigenvalue weighted by Gasteiger charge is -2.27. The van der Waals surface area contributed by atoms with Gasteiger partial charge in [-0.25, -0.2) is 0 Å². The molecule has 0 amide bonds. The summed E-state index contributed by atoms with van der Waals surface area (Å²) in [6, 6.07) is 6.59. The van der Waals surface area contributed by atoms with Gasteiger partial charge >= 0.3 is 0 Å². The van der Waals surface area contributed by atoms with Crippen LogP contribution >= 0.6 is 0 Å². The van der Waals surface area contributed by atoms with Crippen LogP contribution in [-0.2, 0) is 6.42 Å². The molecule has 2 N–H and O–H groups in total. The van der Waals surface area contributed by atoms with E-state index in [1.807, 2.05) is 0 Å². The van der Waals surface area contributed by atoms with Gasteiger partial charge in [0.2, 0.25) is 0 Å². The monoisotopic (exact) mass is 261 g/mol. The average molecular weight is 261 g/mol. The maximum atomic E-state index is 6.03. The predicted octanol–water partition coefficient (Wildman–Crippen LogP) is 3.84. The zero-order chi connectivity index (χ0) is 13.9. The molecule has 1 fully saturated rings. The fourth-order valence-corrected chi connectivity index (χ4v) is 3.22. The molecule has 2 rings (SSSR count). The van der Waals surface area contributed by atoms with E-state index in [1.54, 1.807) is 0 Å². The Bertz CT molecular complexity index is 419. The first kappa shape index (κ1) is 14.4. The van der Waals surface area contributed by atoms with Crippen molar-refractivity contribution in [1.29, 1.82) is 0 Å². The summed E-state index contributed by atoms with van der Waals surface area (Å²) in [6.07, 6.45) is 6.59. The first-order valence-corrected chi connectivity index (χ1v) is 7.51. The van der Waals surface area contributed by atoms with E-state index in [9.17, 15) is 0 Å². The van der Waals surface area contributed by atoms with Crippen LogP contribution in [0.25, 0.3) is 0 Å². The third-order valence-corrected chi connectivity index (χ3v) is 4.28. The molecule has 2 heteroatoms. The molecule has 0 unspecified atom stereocenters. The lowest BCUT2D eigenvalue weighted by atomic mass is 9.80. The van der Waals surface area contributed by atoms with Crippen molar-refractivity contribution in [2.45, 2.75) is 59.0 Å². The van der Waals surface area contributed by atoms with Gasteiger partial charge in [0, 0.05) is 0 Å². The topological polar surface area (TPSA) is 35.2 Å². The number of hydrogen-bond acceptors (Lipinski definition) is 2. The fourth-order valence-electron chi connectivity index (χ4n) is 3.22. The minimum Gasteiger partial charge on any atom is -0.491 e. The average Bonchev–Trinajstić information content (AvgIpc) is 2.81. The highest BCUT2D eigenvalue weighted by molar-refractivity contribution is 5.37. The summed E-state index contributed by atoms with van der Waals surface area (Å²) in [5.74, 6) is 1.01. The molecule has 1 aromatic carbocycles. The normalized spacial score (nSPS) is 17.9. The highest BCUT2D eigenvalue weighted by atomic mass is 16.5. The van der Waals surface area contributed by atoms with Crippen molar-refractivity contribution in [2.24, 2.45) is 11.1 Å². The minimum atomic E-state index is 0.231. The molecule has 0 bridgehead atoms. The third-order valence-electron chi connectivity index (χ3n) is 4.28. The summed E-state index contributed by atoms with van der Waals surface area (Å²) in [7, 11) is 0. The Labute approximate surface area is 117 Å². The molecule has 1 aromatic rings. The second kappa shape index (κ2) is 5.96. The van der Waals surface area contributed by atoms with E-state index in [2.05, 4.69) is 39.0 Å². The van der Waals surface area contributed by atoms with E-state index in [0.717, 1.165) is 18.7 Å². The summed E-state index contributed by atoms with van der Waals surface area (Å²) in [5.41, 5.74) is 9.02. The molecule has 1 saturated carbocycles. The number of aryl methyl sites for hydroxylation is 1. The zero-order valence-electron chi connectivity index (χ0n) is 12.5. The molecule has 0 atom stereocenters. The Morgan fingerprint density at radius 3 is 2.47 bits per heavy atom. The number of rotatable bonds is 5. The first-order valence-electron chi connectivity index (χ1n) is 7.51. The van der Waals surface area contributed by atoms with Crippen LogP contribution < -0.4 is 10.5 Å². The standard InChI is InChI=1S/C17H27NO/c1-13(2)19-16-7-6-15(10-14(16)3)11-17(12-18)8-4-5-9-17/h6-7,10,13H,4-5,8-9,11-12,18H2,1-3H3. The largest absolute Gasteiger partial charge is 0.491 e. The van der Waals surface area contributed by atoms with Crippen molar-refractivity contribution >= 4 is 0 Å². The van der Waals surface area contributed by atoms with Crippen LogP contribution in [0.2, 0.25) is 0 Å². The fraction of sp³-hybridized carbons (Fsp3) is 0.647. The van der Waals surface area contributed by atoms with Crippen molar-refractivity contribution in [3.63, 3.8) is 0 Å². The maximum absolute atomic E-state index is 6.03. The van der Waals surface area contributed by atoms with Crippen LogP contribution in [0.3, 0.4) is 0 Å². The van der Waals surface area contributed by atoms with Crippen LogP contribution in [0.5, 0.6) is 5.75 Å². The molecule has 0 saturated heterocycles. The van der Waals surface area contributed by atoms with Gasteiger partial charge in [0.1, 0.15) is 5.75 Å². The highest BCUT2D eigenvalue weighted by Gasteiger charge is 2.32. The smallest absolute Gasteiger partial charge is 0.122 e. The Kier molecular flexibility index (Phi) is 4.51. The van der Waals surface area contributed by atoms with Crippen molar-refractivity contribution in [1.82, 2.24) is 0 Å². The molecule has 0 aromatic heterocycles. The molecule has 106 valence electrons. The van der Waals surface area contributed by atoms with Gasteiger partial charge in [0.05, 0.1) is 6.10 Å². The van der Waals surface area contributed by atoms with Crippen molar-refractivity contribution in [2.75, 3.05) is 6.54 Å². The molecule has 0 spiro atoms. The van der Waals surface area contributed by atoms with Gasteiger partial charge in [-0.15, -0.1) is 0 Å². The summed E-state index contributed by atoms with van der Waals surface area (Å²) < 4.78 is 5.80. The van der Waals surface area contributed by atoms with E-state index < -0.39 is 0 Å². The summed E-state index contributed by atoms with van der Waals surface area (Å²) in [6.45, 7) is 7.08. The maximum Gasteiger partial charge on any atom is 0.122 e. The second-order valence-electron chi connectivity index (χ2n) is 6.35. The molecule has 0 aliphatic heterocycles. The number of ether oxygens (including phenoxy) is 1. The predicted molar refractivity (Wildman–Crippen MR) is 80.6 cm³/mol. The molecular formula is C17H27NO. The van der Waals surface area contributed by atoms with Gasteiger partial charge in [-0.2, -0.15) is 0 Å². The summed E-state index contributed by atoms with van der Waals surface area (Å²) >= 11 is 0. The van der Waals surface area contributed by atoms with Gasteiger partial charge in [0.25, 0.3) is 0 Å². The van der Waals surface area contributed by atoms with Crippen LogP contribution in [0.4, 0.5) is 0 Å². The second-order valence-corrected chi connectivity index (χ2v) is 6.35. The number of nitrogens with two attached hydrogens (primary N) is 1. The van der Waals surface area contributed by atoms with Crippen LogP contribution in [0, 0.1) is 12.3 Å². The van der Waals surface area contributed by atoms with Gasteiger partial charge in [-0.1, -0.05) is 25.0 Å². The van der Waals surface area contributed by atoms with E-state index in [-0.39, 0.29) is 6.10 Å². The van der Waals surface area contributed by atoms with E-state index >= 15 is 0 Å². The van der Waals surface area contributed by atoms with Crippen molar-refractivity contribution < 1.29 is 4.74 Å². The first-order chi connectivity index (χ1) is 9.04. The van der Waals surface area contributed by atoms with Crippen LogP contribution in [0.15, 0.2) is 18.2 Å². The Morgan fingerprint density at radius 2 is 1.95 bits per heavy atom. The van der Waals surface area contributed by atoms with Gasteiger partial charge < -0.3 is 10.5 Å². The highest BCUT2D eigenvalue weighted by Crippen LogP contribution is 2.40. The Balaban J connectivity index is 2.11. The third kappa shape index (κ3) is 3.50. The summed E-state index contributed by atoms with van der Waals surface area (Å²) in [4.78, 5) is 0.